The second-order valence-corrected chi connectivity index (χ2v) is 7.44. The third kappa shape index (κ3) is 2.15. The van der Waals surface area contributed by atoms with Crippen LogP contribution in [0, 0.1) is 0 Å². The minimum absolute atomic E-state index is 0.0285. The summed E-state index contributed by atoms with van der Waals surface area (Å²) >= 11 is 0. The van der Waals surface area contributed by atoms with Gasteiger partial charge < -0.3 is 4.57 Å². The van der Waals surface area contributed by atoms with E-state index in [4.69, 9.17) is 0 Å². The Morgan fingerprint density at radius 1 is 0.586 bits per heavy atom. The molecule has 3 heteroatoms. The quantitative estimate of drug-likeness (QED) is 0.320. The zero-order chi connectivity index (χ0) is 19.5. The van der Waals surface area contributed by atoms with Gasteiger partial charge in [-0.2, -0.15) is 0 Å². The first-order valence-corrected chi connectivity index (χ1v) is 9.77. The Hall–Kier alpha value is -3.85. The molecule has 6 aromatic rings. The molecule has 3 nitrogen and oxygen atoms in total. The molecule has 0 saturated carbocycles. The van der Waals surface area contributed by atoms with E-state index in [9.17, 15) is 4.79 Å². The molecular formula is C26H18N2O. The summed E-state index contributed by atoms with van der Waals surface area (Å²) < 4.78 is 4.12. The minimum atomic E-state index is 0.0285. The molecule has 0 radical (unpaired) electrons. The second-order valence-electron chi connectivity index (χ2n) is 7.44. The molecule has 29 heavy (non-hydrogen) atoms. The number of carbonyl (C=O) groups is 1. The van der Waals surface area contributed by atoms with Crippen LogP contribution < -0.4 is 0 Å². The van der Waals surface area contributed by atoms with Crippen LogP contribution in [-0.4, -0.2) is 15.0 Å². The Balaban J connectivity index is 1.76. The smallest absolute Gasteiger partial charge is 0.228 e. The van der Waals surface area contributed by atoms with Crippen molar-refractivity contribution >= 4 is 49.5 Å². The lowest BCUT2D eigenvalue weighted by molar-refractivity contribution is 0.0946. The van der Waals surface area contributed by atoms with Crippen molar-refractivity contribution in [2.45, 2.75) is 6.92 Å². The van der Waals surface area contributed by atoms with E-state index in [1.807, 2.05) is 18.2 Å². The predicted octanol–water partition coefficient (Wildman–Crippen LogP) is 6.55. The van der Waals surface area contributed by atoms with E-state index in [0.29, 0.717) is 0 Å². The molecule has 0 N–H and O–H groups in total. The van der Waals surface area contributed by atoms with Crippen molar-refractivity contribution in [1.82, 2.24) is 9.13 Å². The Kier molecular flexibility index (Phi) is 3.24. The Labute approximate surface area is 167 Å². The van der Waals surface area contributed by atoms with Crippen LogP contribution in [0.25, 0.3) is 49.3 Å². The number of rotatable bonds is 1. The highest BCUT2D eigenvalue weighted by atomic mass is 16.1. The van der Waals surface area contributed by atoms with Gasteiger partial charge in [-0.05, 0) is 36.4 Å². The molecule has 0 spiro atoms. The van der Waals surface area contributed by atoms with Crippen molar-refractivity contribution in [3.05, 3.63) is 91.0 Å². The third-order valence-corrected chi connectivity index (χ3v) is 5.81. The van der Waals surface area contributed by atoms with Crippen LogP contribution >= 0.6 is 0 Å². The van der Waals surface area contributed by atoms with Gasteiger partial charge in [0.15, 0.2) is 0 Å². The molecule has 0 bridgehead atoms. The van der Waals surface area contributed by atoms with Gasteiger partial charge in [0.2, 0.25) is 5.91 Å². The summed E-state index contributed by atoms with van der Waals surface area (Å²) in [7, 11) is 0. The fourth-order valence-corrected chi connectivity index (χ4v) is 4.64. The van der Waals surface area contributed by atoms with Gasteiger partial charge >= 0.3 is 0 Å². The summed E-state index contributed by atoms with van der Waals surface area (Å²) in [6.45, 7) is 1.62. The highest BCUT2D eigenvalue weighted by Crippen LogP contribution is 2.35. The maximum absolute atomic E-state index is 12.4. The minimum Gasteiger partial charge on any atom is -0.309 e. The second kappa shape index (κ2) is 5.82. The zero-order valence-corrected chi connectivity index (χ0v) is 16.0. The number of nitrogens with zero attached hydrogens (tertiary/aromatic N) is 2. The molecule has 138 valence electrons. The van der Waals surface area contributed by atoms with Gasteiger partial charge in [0.1, 0.15) is 0 Å². The largest absolute Gasteiger partial charge is 0.309 e. The third-order valence-electron chi connectivity index (χ3n) is 5.81. The van der Waals surface area contributed by atoms with Crippen molar-refractivity contribution in [2.24, 2.45) is 0 Å². The first kappa shape index (κ1) is 16.1. The van der Waals surface area contributed by atoms with E-state index in [1.165, 1.54) is 21.8 Å². The predicted molar refractivity (Wildman–Crippen MR) is 120 cm³/mol. The normalized spacial score (nSPS) is 11.8. The van der Waals surface area contributed by atoms with Gasteiger partial charge in [0.05, 0.1) is 22.1 Å². The Morgan fingerprint density at radius 3 is 1.66 bits per heavy atom. The fourth-order valence-electron chi connectivity index (χ4n) is 4.64. The molecule has 6 rings (SSSR count). The van der Waals surface area contributed by atoms with Crippen LogP contribution in [0.15, 0.2) is 91.0 Å². The molecule has 0 unspecified atom stereocenters. The van der Waals surface area contributed by atoms with Crippen LogP contribution in [0.1, 0.15) is 11.7 Å². The van der Waals surface area contributed by atoms with E-state index in [-0.39, 0.29) is 5.91 Å². The monoisotopic (exact) mass is 374 g/mol. The van der Waals surface area contributed by atoms with Crippen LogP contribution in [0.5, 0.6) is 0 Å². The highest BCUT2D eigenvalue weighted by molar-refractivity contribution is 6.14. The van der Waals surface area contributed by atoms with Gasteiger partial charge in [-0.1, -0.05) is 54.6 Å². The Bertz CT molecular complexity index is 1530. The summed E-state index contributed by atoms with van der Waals surface area (Å²) in [6.07, 6.45) is 0. The average Bonchev–Trinajstić information content (AvgIpc) is 3.26. The van der Waals surface area contributed by atoms with Crippen LogP contribution in [0.4, 0.5) is 0 Å². The molecule has 0 aliphatic heterocycles. The SMILES string of the molecule is CC(=O)n1c2ccccc2c2cc(-n3c4ccccc4c4ccccc43)ccc21. The lowest BCUT2D eigenvalue weighted by atomic mass is 10.1. The molecule has 4 aromatic carbocycles. The van der Waals surface area contributed by atoms with Crippen LogP contribution in [0.2, 0.25) is 0 Å². The number of para-hydroxylation sites is 3. The molecule has 2 heterocycles. The maximum atomic E-state index is 12.4. The van der Waals surface area contributed by atoms with Crippen molar-refractivity contribution in [3.63, 3.8) is 0 Å². The summed E-state index contributed by atoms with van der Waals surface area (Å²) in [6, 6.07) is 31.5. The van der Waals surface area contributed by atoms with Crippen molar-refractivity contribution in [1.29, 1.82) is 0 Å². The van der Waals surface area contributed by atoms with E-state index in [0.717, 1.165) is 27.5 Å². The van der Waals surface area contributed by atoms with Crippen molar-refractivity contribution in [3.8, 4) is 5.69 Å². The lowest BCUT2D eigenvalue weighted by Gasteiger charge is -2.09. The van der Waals surface area contributed by atoms with E-state index < -0.39 is 0 Å². The topological polar surface area (TPSA) is 26.9 Å². The van der Waals surface area contributed by atoms with Crippen LogP contribution in [0.3, 0.4) is 0 Å². The number of benzene rings is 4. The maximum Gasteiger partial charge on any atom is 0.228 e. The standard InChI is InChI=1S/C26H18N2O/c1-17(29)27-23-11-5-4-10-21(23)22-16-18(14-15-26(22)27)28-24-12-6-2-8-19(24)20-9-3-7-13-25(20)28/h2-16H,1H3. The zero-order valence-electron chi connectivity index (χ0n) is 16.0. The molecule has 0 atom stereocenters. The summed E-state index contributed by atoms with van der Waals surface area (Å²) in [5.41, 5.74) is 5.37. The molecule has 2 aromatic heterocycles. The summed E-state index contributed by atoms with van der Waals surface area (Å²) in [5, 5.41) is 4.68. The van der Waals surface area contributed by atoms with Crippen molar-refractivity contribution in [2.75, 3.05) is 0 Å². The van der Waals surface area contributed by atoms with E-state index >= 15 is 0 Å². The molecule has 0 amide bonds. The van der Waals surface area contributed by atoms with Gasteiger partial charge in [0.25, 0.3) is 0 Å². The number of carbonyl (C=O) groups excluding carboxylic acids is 1. The van der Waals surface area contributed by atoms with Crippen LogP contribution in [-0.2, 0) is 0 Å². The van der Waals surface area contributed by atoms with E-state index in [1.54, 1.807) is 11.5 Å². The lowest BCUT2D eigenvalue weighted by Crippen LogP contribution is -2.04. The Morgan fingerprint density at radius 2 is 1.07 bits per heavy atom. The number of hydrogen-bond donors (Lipinski definition) is 0. The number of hydrogen-bond acceptors (Lipinski definition) is 1. The number of fused-ring (bicyclic) bond motifs is 6. The molecule has 0 saturated heterocycles. The fraction of sp³-hybridized carbons (Fsp3) is 0.0385. The van der Waals surface area contributed by atoms with Gasteiger partial charge in [-0.25, -0.2) is 0 Å². The first-order chi connectivity index (χ1) is 14.2. The van der Waals surface area contributed by atoms with Gasteiger partial charge in [0, 0.05) is 34.2 Å². The highest BCUT2D eigenvalue weighted by Gasteiger charge is 2.16. The van der Waals surface area contributed by atoms with Gasteiger partial charge in [-0.15, -0.1) is 0 Å². The molecule has 0 fully saturated rings. The molecule has 0 aliphatic rings. The summed E-state index contributed by atoms with van der Waals surface area (Å²) in [5.74, 6) is 0.0285. The number of aromatic nitrogens is 2. The first-order valence-electron chi connectivity index (χ1n) is 9.77. The van der Waals surface area contributed by atoms with Crippen molar-refractivity contribution < 1.29 is 4.79 Å². The average molecular weight is 374 g/mol. The van der Waals surface area contributed by atoms with E-state index in [2.05, 4.69) is 77.4 Å². The molecular weight excluding hydrogens is 356 g/mol. The van der Waals surface area contributed by atoms with Gasteiger partial charge in [-0.3, -0.25) is 9.36 Å². The molecule has 0 aliphatic carbocycles. The summed E-state index contributed by atoms with van der Waals surface area (Å²) in [4.78, 5) is 12.4.